The first kappa shape index (κ1) is 17.3. The molecule has 0 aliphatic heterocycles. The van der Waals surface area contributed by atoms with Crippen molar-refractivity contribution in [1.29, 1.82) is 0 Å². The van der Waals surface area contributed by atoms with E-state index >= 15 is 0 Å². The van der Waals surface area contributed by atoms with Crippen molar-refractivity contribution in [2.45, 2.75) is 96.3 Å². The summed E-state index contributed by atoms with van der Waals surface area (Å²) in [5, 5.41) is 22.1. The topological polar surface area (TPSA) is 66.5 Å². The lowest BCUT2D eigenvalue weighted by atomic mass is 9.43. The number of rotatable bonds is 1. The van der Waals surface area contributed by atoms with Crippen molar-refractivity contribution in [3.8, 4) is 0 Å². The van der Waals surface area contributed by atoms with Crippen LogP contribution in [0.5, 0.6) is 0 Å². The van der Waals surface area contributed by atoms with Crippen molar-refractivity contribution in [3.05, 3.63) is 0 Å². The second kappa shape index (κ2) is 5.44. The van der Waals surface area contributed by atoms with Gasteiger partial charge < -0.3 is 15.9 Å². The van der Waals surface area contributed by atoms with Crippen LogP contribution in [0.4, 0.5) is 0 Å². The largest absolute Gasteiger partial charge is 0.393 e. The molecule has 3 nitrogen and oxygen atoms in total. The summed E-state index contributed by atoms with van der Waals surface area (Å²) in [4.78, 5) is 0. The molecular formula is C21H37NO2. The Morgan fingerprint density at radius 1 is 0.958 bits per heavy atom. The molecule has 0 aromatic rings. The Morgan fingerprint density at radius 2 is 1.71 bits per heavy atom. The number of hydrogen-bond donors (Lipinski definition) is 3. The van der Waals surface area contributed by atoms with Crippen LogP contribution in [0.25, 0.3) is 0 Å². The van der Waals surface area contributed by atoms with Gasteiger partial charge in [0.25, 0.3) is 0 Å². The van der Waals surface area contributed by atoms with Crippen molar-refractivity contribution < 1.29 is 10.2 Å². The number of aliphatic hydroxyl groups excluding tert-OH is 1. The predicted molar refractivity (Wildman–Crippen MR) is 96.3 cm³/mol. The van der Waals surface area contributed by atoms with Crippen LogP contribution in [0.2, 0.25) is 0 Å². The van der Waals surface area contributed by atoms with Gasteiger partial charge in [-0.2, -0.15) is 0 Å². The smallest absolute Gasteiger partial charge is 0.0735 e. The standard InChI is InChI=1S/C21H37NO2/c1-13(22)16-8-11-21(24)18-5-4-14-12-15(23)6-9-19(14,2)17(18)7-10-20(16,21)3/h13-18,23-24H,4-12,22H2,1-3H3/t13?,14-,15+,16-,17+,18-,19+,20-,21+/m1/s1. The quantitative estimate of drug-likeness (QED) is 0.687. The van der Waals surface area contributed by atoms with Crippen molar-refractivity contribution in [2.75, 3.05) is 0 Å². The molecule has 4 N–H and O–H groups in total. The fourth-order valence-electron chi connectivity index (χ4n) is 8.09. The summed E-state index contributed by atoms with van der Waals surface area (Å²) in [6.45, 7) is 6.95. The summed E-state index contributed by atoms with van der Waals surface area (Å²) < 4.78 is 0. The first-order chi connectivity index (χ1) is 11.2. The molecule has 0 bridgehead atoms. The van der Waals surface area contributed by atoms with E-state index < -0.39 is 5.60 Å². The number of fused-ring (bicyclic) bond motifs is 5. The molecule has 4 saturated carbocycles. The molecule has 138 valence electrons. The van der Waals surface area contributed by atoms with Crippen LogP contribution in [0, 0.1) is 34.5 Å². The molecule has 0 amide bonds. The van der Waals surface area contributed by atoms with Crippen LogP contribution in [0.3, 0.4) is 0 Å². The van der Waals surface area contributed by atoms with Crippen molar-refractivity contribution in [2.24, 2.45) is 40.2 Å². The Kier molecular flexibility index (Phi) is 3.92. The lowest BCUT2D eigenvalue weighted by molar-refractivity contribution is -0.211. The molecule has 0 aromatic heterocycles. The third-order valence-electron chi connectivity index (χ3n) is 9.53. The van der Waals surface area contributed by atoms with E-state index in [-0.39, 0.29) is 17.6 Å². The van der Waals surface area contributed by atoms with Crippen LogP contribution >= 0.6 is 0 Å². The van der Waals surface area contributed by atoms with Gasteiger partial charge in [-0.1, -0.05) is 13.8 Å². The molecule has 24 heavy (non-hydrogen) atoms. The number of aliphatic hydroxyl groups is 2. The lowest BCUT2D eigenvalue weighted by Crippen LogP contribution is -2.63. The molecule has 4 rings (SSSR count). The molecule has 4 aliphatic rings. The minimum absolute atomic E-state index is 0.000287. The normalized spacial score (nSPS) is 58.5. The Morgan fingerprint density at radius 3 is 2.42 bits per heavy atom. The highest BCUT2D eigenvalue weighted by molar-refractivity contribution is 5.17. The number of hydrogen-bond acceptors (Lipinski definition) is 3. The van der Waals surface area contributed by atoms with Gasteiger partial charge in [0.2, 0.25) is 0 Å². The Balaban J connectivity index is 1.66. The van der Waals surface area contributed by atoms with E-state index in [1.165, 1.54) is 12.8 Å². The van der Waals surface area contributed by atoms with Crippen molar-refractivity contribution in [1.82, 2.24) is 0 Å². The Bertz CT molecular complexity index is 508. The van der Waals surface area contributed by atoms with Gasteiger partial charge in [-0.15, -0.1) is 0 Å². The van der Waals surface area contributed by atoms with Crippen molar-refractivity contribution in [3.63, 3.8) is 0 Å². The van der Waals surface area contributed by atoms with E-state index in [0.717, 1.165) is 44.9 Å². The molecule has 0 heterocycles. The summed E-state index contributed by atoms with van der Waals surface area (Å²) in [7, 11) is 0. The zero-order chi connectivity index (χ0) is 17.3. The highest BCUT2D eigenvalue weighted by Crippen LogP contribution is 2.69. The molecule has 0 saturated heterocycles. The molecule has 4 fully saturated rings. The second-order valence-corrected chi connectivity index (χ2v) is 10.3. The fraction of sp³-hybridized carbons (Fsp3) is 1.00. The van der Waals surface area contributed by atoms with Gasteiger partial charge in [0.15, 0.2) is 0 Å². The van der Waals surface area contributed by atoms with E-state index in [9.17, 15) is 10.2 Å². The van der Waals surface area contributed by atoms with Crippen LogP contribution < -0.4 is 5.73 Å². The van der Waals surface area contributed by atoms with Gasteiger partial charge in [0, 0.05) is 11.5 Å². The van der Waals surface area contributed by atoms with Crippen LogP contribution in [-0.4, -0.2) is 28.0 Å². The van der Waals surface area contributed by atoms with Crippen LogP contribution in [-0.2, 0) is 0 Å². The van der Waals surface area contributed by atoms with E-state index in [1.807, 2.05) is 0 Å². The predicted octanol–water partition coefficient (Wildman–Crippen LogP) is 3.47. The van der Waals surface area contributed by atoms with Gasteiger partial charge in [-0.05, 0) is 93.8 Å². The molecule has 1 unspecified atom stereocenters. The fourth-order valence-corrected chi connectivity index (χ4v) is 8.09. The molecule has 0 spiro atoms. The minimum Gasteiger partial charge on any atom is -0.393 e. The van der Waals surface area contributed by atoms with E-state index in [2.05, 4.69) is 20.8 Å². The van der Waals surface area contributed by atoms with Gasteiger partial charge >= 0.3 is 0 Å². The average Bonchev–Trinajstić information content (AvgIpc) is 2.80. The Labute approximate surface area is 147 Å². The maximum atomic E-state index is 11.9. The zero-order valence-electron chi connectivity index (χ0n) is 15.8. The van der Waals surface area contributed by atoms with Gasteiger partial charge in [0.1, 0.15) is 0 Å². The first-order valence-corrected chi connectivity index (χ1v) is 10.4. The average molecular weight is 336 g/mol. The summed E-state index contributed by atoms with van der Waals surface area (Å²) in [6.07, 6.45) is 9.73. The summed E-state index contributed by atoms with van der Waals surface area (Å²) in [5.41, 5.74) is 6.13. The minimum atomic E-state index is -0.516. The van der Waals surface area contributed by atoms with Gasteiger partial charge in [-0.3, -0.25) is 0 Å². The van der Waals surface area contributed by atoms with E-state index in [4.69, 9.17) is 5.73 Å². The van der Waals surface area contributed by atoms with E-state index in [0.29, 0.717) is 29.1 Å². The highest BCUT2D eigenvalue weighted by atomic mass is 16.3. The molecule has 4 aliphatic carbocycles. The third-order valence-corrected chi connectivity index (χ3v) is 9.53. The lowest BCUT2D eigenvalue weighted by Gasteiger charge is -2.63. The molecule has 0 radical (unpaired) electrons. The van der Waals surface area contributed by atoms with Crippen molar-refractivity contribution >= 4 is 0 Å². The maximum Gasteiger partial charge on any atom is 0.0735 e. The Hall–Kier alpha value is -0.120. The van der Waals surface area contributed by atoms with Gasteiger partial charge in [0.05, 0.1) is 11.7 Å². The monoisotopic (exact) mass is 335 g/mol. The summed E-state index contributed by atoms with van der Waals surface area (Å²) in [5.74, 6) is 2.19. The molecular weight excluding hydrogens is 298 g/mol. The van der Waals surface area contributed by atoms with Crippen LogP contribution in [0.1, 0.15) is 78.6 Å². The SMILES string of the molecule is CC(N)[C@H]1CC[C@]2(O)[C@@H]3CC[C@@H]4C[C@@H](O)CC[C@]4(C)[C@H]3CC[C@]12C. The first-order valence-electron chi connectivity index (χ1n) is 10.4. The maximum absolute atomic E-state index is 11.9. The molecule has 9 atom stereocenters. The third kappa shape index (κ3) is 2.07. The molecule has 0 aromatic carbocycles. The zero-order valence-corrected chi connectivity index (χ0v) is 15.8. The van der Waals surface area contributed by atoms with E-state index in [1.54, 1.807) is 0 Å². The second-order valence-electron chi connectivity index (χ2n) is 10.3. The highest BCUT2D eigenvalue weighted by Gasteiger charge is 2.67. The molecule has 3 heteroatoms. The van der Waals surface area contributed by atoms with Gasteiger partial charge in [-0.25, -0.2) is 0 Å². The summed E-state index contributed by atoms with van der Waals surface area (Å²) >= 11 is 0. The van der Waals surface area contributed by atoms with Crippen LogP contribution in [0.15, 0.2) is 0 Å². The number of nitrogens with two attached hydrogens (primary N) is 1. The summed E-state index contributed by atoms with van der Waals surface area (Å²) in [6, 6.07) is 0.178.